The topological polar surface area (TPSA) is 24.9 Å². The molecule has 0 radical (unpaired) electrons. The van der Waals surface area contributed by atoms with Crippen molar-refractivity contribution in [3.05, 3.63) is 28.5 Å². The number of rotatable bonds is 4. The first-order valence-electron chi connectivity index (χ1n) is 6.13. The van der Waals surface area contributed by atoms with Crippen LogP contribution in [0.5, 0.6) is 0 Å². The normalized spacial score (nSPS) is 24.8. The molecule has 1 N–H and O–H groups in total. The van der Waals surface area contributed by atoms with Gasteiger partial charge in [0.1, 0.15) is 0 Å². The van der Waals surface area contributed by atoms with Gasteiger partial charge in [0, 0.05) is 34.7 Å². The third kappa shape index (κ3) is 4.27. The molecule has 2 rings (SSSR count). The zero-order valence-electron chi connectivity index (χ0n) is 10.2. The summed E-state index contributed by atoms with van der Waals surface area (Å²) in [5, 5.41) is 4.50. The highest BCUT2D eigenvalue weighted by Crippen LogP contribution is 2.27. The quantitative estimate of drug-likeness (QED) is 0.919. The average Bonchev–Trinajstić information content (AvgIpc) is 2.37. The van der Waals surface area contributed by atoms with E-state index in [2.05, 4.69) is 38.6 Å². The molecule has 0 saturated heterocycles. The number of halogens is 1. The maximum Gasteiger partial charge on any atom is 0.0410 e. The van der Waals surface area contributed by atoms with E-state index in [4.69, 9.17) is 0 Å². The van der Waals surface area contributed by atoms with E-state index in [1.54, 1.807) is 0 Å². The molecule has 0 aromatic carbocycles. The molecule has 1 aromatic rings. The van der Waals surface area contributed by atoms with Gasteiger partial charge >= 0.3 is 0 Å². The Hall–Kier alpha value is -0.0600. The fourth-order valence-corrected chi connectivity index (χ4v) is 3.60. The molecule has 1 aromatic heterocycles. The minimum atomic E-state index is 0.681. The molecular formula is C13H19BrN2S. The summed E-state index contributed by atoms with van der Waals surface area (Å²) in [6, 6.07) is 2.81. The Balaban J connectivity index is 1.81. The van der Waals surface area contributed by atoms with E-state index in [1.165, 1.54) is 31.2 Å². The monoisotopic (exact) mass is 314 g/mol. The van der Waals surface area contributed by atoms with Gasteiger partial charge in [0.15, 0.2) is 0 Å². The molecular weight excluding hydrogens is 296 g/mol. The number of thioether (sulfide) groups is 1. The van der Waals surface area contributed by atoms with Gasteiger partial charge in [-0.2, -0.15) is 11.8 Å². The van der Waals surface area contributed by atoms with Crippen molar-refractivity contribution in [1.29, 1.82) is 0 Å². The molecule has 4 heteroatoms. The Morgan fingerprint density at radius 2 is 2.35 bits per heavy atom. The highest BCUT2D eigenvalue weighted by molar-refractivity contribution is 9.10. The number of aromatic nitrogens is 1. The Morgan fingerprint density at radius 1 is 1.47 bits per heavy atom. The summed E-state index contributed by atoms with van der Waals surface area (Å²) < 4.78 is 1.06. The van der Waals surface area contributed by atoms with Crippen molar-refractivity contribution in [2.45, 2.75) is 43.5 Å². The van der Waals surface area contributed by atoms with E-state index in [9.17, 15) is 0 Å². The molecule has 0 bridgehead atoms. The zero-order chi connectivity index (χ0) is 12.1. The predicted octanol–water partition coefficient (Wildman–Crippen LogP) is 3.61. The fourth-order valence-electron chi connectivity index (χ4n) is 2.36. The van der Waals surface area contributed by atoms with Gasteiger partial charge in [0.25, 0.3) is 0 Å². The minimum Gasteiger partial charge on any atom is -0.310 e. The molecule has 2 unspecified atom stereocenters. The number of nitrogens with zero attached hydrogens (tertiary/aromatic N) is 1. The van der Waals surface area contributed by atoms with Crippen LogP contribution in [-0.2, 0) is 6.54 Å². The van der Waals surface area contributed by atoms with E-state index in [-0.39, 0.29) is 0 Å². The van der Waals surface area contributed by atoms with E-state index in [0.717, 1.165) is 16.3 Å². The van der Waals surface area contributed by atoms with Crippen LogP contribution in [0.25, 0.3) is 0 Å². The Labute approximate surface area is 116 Å². The molecule has 1 aliphatic rings. The lowest BCUT2D eigenvalue weighted by Gasteiger charge is -2.28. The summed E-state index contributed by atoms with van der Waals surface area (Å²) >= 11 is 5.47. The highest BCUT2D eigenvalue weighted by atomic mass is 79.9. The first-order valence-corrected chi connectivity index (χ1v) is 8.21. The first kappa shape index (κ1) is 13.4. The molecule has 1 heterocycles. The van der Waals surface area contributed by atoms with Crippen LogP contribution < -0.4 is 5.32 Å². The lowest BCUT2D eigenvalue weighted by molar-refractivity contribution is 0.379. The van der Waals surface area contributed by atoms with Gasteiger partial charge in [-0.25, -0.2) is 0 Å². The van der Waals surface area contributed by atoms with Crippen LogP contribution in [0.4, 0.5) is 0 Å². The largest absolute Gasteiger partial charge is 0.310 e. The van der Waals surface area contributed by atoms with E-state index in [0.29, 0.717) is 6.04 Å². The molecule has 1 aliphatic carbocycles. The Kier molecular flexibility index (Phi) is 5.32. The Morgan fingerprint density at radius 3 is 3.12 bits per heavy atom. The van der Waals surface area contributed by atoms with Crippen molar-refractivity contribution in [3.63, 3.8) is 0 Å². The van der Waals surface area contributed by atoms with Gasteiger partial charge in [-0.05, 0) is 53.1 Å². The van der Waals surface area contributed by atoms with Crippen molar-refractivity contribution in [3.8, 4) is 0 Å². The van der Waals surface area contributed by atoms with Gasteiger partial charge in [-0.15, -0.1) is 0 Å². The van der Waals surface area contributed by atoms with Crippen LogP contribution >= 0.6 is 27.7 Å². The van der Waals surface area contributed by atoms with Crippen LogP contribution in [0.15, 0.2) is 22.9 Å². The SMILES string of the molecule is CSC1CCCC(NCc2cncc(Br)c2)C1. The summed E-state index contributed by atoms with van der Waals surface area (Å²) in [6.07, 6.45) is 11.4. The molecule has 0 spiro atoms. The fraction of sp³-hybridized carbons (Fsp3) is 0.615. The number of pyridine rings is 1. The van der Waals surface area contributed by atoms with Crippen LogP contribution in [0.2, 0.25) is 0 Å². The van der Waals surface area contributed by atoms with Gasteiger partial charge in [-0.3, -0.25) is 4.98 Å². The average molecular weight is 315 g/mol. The van der Waals surface area contributed by atoms with Crippen molar-refractivity contribution in [2.24, 2.45) is 0 Å². The summed E-state index contributed by atoms with van der Waals surface area (Å²) in [6.45, 7) is 0.929. The van der Waals surface area contributed by atoms with Crippen molar-refractivity contribution in [2.75, 3.05) is 6.26 Å². The van der Waals surface area contributed by atoms with Crippen molar-refractivity contribution >= 4 is 27.7 Å². The van der Waals surface area contributed by atoms with Gasteiger partial charge in [0.2, 0.25) is 0 Å². The number of hydrogen-bond acceptors (Lipinski definition) is 3. The minimum absolute atomic E-state index is 0.681. The highest BCUT2D eigenvalue weighted by Gasteiger charge is 2.20. The molecule has 1 saturated carbocycles. The summed E-state index contributed by atoms with van der Waals surface area (Å²) in [5.74, 6) is 0. The lowest BCUT2D eigenvalue weighted by atomic mass is 9.95. The molecule has 94 valence electrons. The number of nitrogens with one attached hydrogen (secondary N) is 1. The summed E-state index contributed by atoms with van der Waals surface area (Å²) in [5.41, 5.74) is 1.26. The van der Waals surface area contributed by atoms with Crippen LogP contribution in [0.1, 0.15) is 31.2 Å². The maximum atomic E-state index is 4.19. The van der Waals surface area contributed by atoms with Gasteiger partial charge in [-0.1, -0.05) is 6.42 Å². The standard InChI is InChI=1S/C13H19BrN2S/c1-17-13-4-2-3-12(6-13)16-8-10-5-11(14)9-15-7-10/h5,7,9,12-13,16H,2-4,6,8H2,1H3. The Bertz CT molecular complexity index is 359. The zero-order valence-corrected chi connectivity index (χ0v) is 12.6. The second kappa shape index (κ2) is 6.76. The third-order valence-corrected chi connectivity index (χ3v) is 4.84. The molecule has 1 fully saturated rings. The van der Waals surface area contributed by atoms with Crippen molar-refractivity contribution in [1.82, 2.24) is 10.3 Å². The smallest absolute Gasteiger partial charge is 0.0410 e. The van der Waals surface area contributed by atoms with E-state index in [1.807, 2.05) is 24.2 Å². The molecule has 0 aliphatic heterocycles. The van der Waals surface area contributed by atoms with Gasteiger partial charge < -0.3 is 5.32 Å². The van der Waals surface area contributed by atoms with Gasteiger partial charge in [0.05, 0.1) is 0 Å². The molecule has 2 nitrogen and oxygen atoms in total. The summed E-state index contributed by atoms with van der Waals surface area (Å²) in [7, 11) is 0. The van der Waals surface area contributed by atoms with E-state index < -0.39 is 0 Å². The van der Waals surface area contributed by atoms with Crippen molar-refractivity contribution < 1.29 is 0 Å². The second-order valence-corrected chi connectivity index (χ2v) is 6.67. The van der Waals surface area contributed by atoms with Crippen LogP contribution in [0.3, 0.4) is 0 Å². The second-order valence-electron chi connectivity index (χ2n) is 4.61. The summed E-state index contributed by atoms with van der Waals surface area (Å²) in [4.78, 5) is 4.19. The lowest BCUT2D eigenvalue weighted by Crippen LogP contribution is -2.34. The maximum absolute atomic E-state index is 4.19. The number of hydrogen-bond donors (Lipinski definition) is 1. The first-order chi connectivity index (χ1) is 8.28. The molecule has 2 atom stereocenters. The van der Waals surface area contributed by atoms with Crippen LogP contribution in [-0.4, -0.2) is 22.5 Å². The molecule has 17 heavy (non-hydrogen) atoms. The third-order valence-electron chi connectivity index (χ3n) is 3.32. The predicted molar refractivity (Wildman–Crippen MR) is 78.3 cm³/mol. The van der Waals surface area contributed by atoms with Crippen LogP contribution in [0, 0.1) is 0 Å². The van der Waals surface area contributed by atoms with E-state index >= 15 is 0 Å². The molecule has 0 amide bonds.